The number of likely N-dealkylation sites (tertiary alicyclic amines) is 1. The van der Waals surface area contributed by atoms with Crippen molar-refractivity contribution in [2.45, 2.75) is 24.4 Å². The van der Waals surface area contributed by atoms with Crippen molar-refractivity contribution in [2.75, 3.05) is 18.0 Å². The number of nitrogens with one attached hydrogen (secondary N) is 1. The fraction of sp³-hybridized carbons (Fsp3) is 0.261. The van der Waals surface area contributed by atoms with Crippen molar-refractivity contribution in [3.05, 3.63) is 64.1 Å². The van der Waals surface area contributed by atoms with Gasteiger partial charge in [0.1, 0.15) is 17.1 Å². The Hall–Kier alpha value is -3.24. The van der Waals surface area contributed by atoms with Gasteiger partial charge in [-0.25, -0.2) is 4.98 Å². The van der Waals surface area contributed by atoms with E-state index in [1.165, 1.54) is 23.2 Å². The predicted octanol–water partition coefficient (Wildman–Crippen LogP) is -3.93. The summed E-state index contributed by atoms with van der Waals surface area (Å²) in [5.41, 5.74) is 6.49. The number of nitrogens with zero attached hydrogens (tertiary/aromatic N) is 5. The van der Waals surface area contributed by atoms with E-state index >= 15 is 0 Å². The minimum atomic E-state index is -1.56. The van der Waals surface area contributed by atoms with E-state index in [1.807, 2.05) is 12.1 Å². The molecule has 0 unspecified atom stereocenters. The Bertz CT molecular complexity index is 1430. The van der Waals surface area contributed by atoms with Gasteiger partial charge in [0.2, 0.25) is 5.91 Å². The average molecular weight is 578 g/mol. The van der Waals surface area contributed by atoms with Crippen LogP contribution in [0.3, 0.4) is 0 Å². The second-order valence-corrected chi connectivity index (χ2v) is 10.5. The summed E-state index contributed by atoms with van der Waals surface area (Å²) in [7, 11) is 0. The number of fused-ring (bicyclic) bond motifs is 1. The second kappa shape index (κ2) is 11.9. The van der Waals surface area contributed by atoms with Gasteiger partial charge >= 0.3 is 29.6 Å². The van der Waals surface area contributed by atoms with Gasteiger partial charge in [-0.1, -0.05) is 5.16 Å². The van der Waals surface area contributed by atoms with Crippen molar-refractivity contribution < 1.29 is 59.0 Å². The second-order valence-electron chi connectivity index (χ2n) is 8.54. The Morgan fingerprint density at radius 1 is 1.31 bits per heavy atom. The van der Waals surface area contributed by atoms with Gasteiger partial charge in [-0.15, -0.1) is 23.1 Å². The number of aliphatic carboxylic acids is 1. The molecule has 0 spiro atoms. The summed E-state index contributed by atoms with van der Waals surface area (Å²) in [4.78, 5) is 61.2. The van der Waals surface area contributed by atoms with Gasteiger partial charge in [0.15, 0.2) is 10.8 Å². The maximum Gasteiger partial charge on any atom is 1.00 e. The number of anilines is 1. The Morgan fingerprint density at radius 2 is 2.05 bits per heavy atom. The van der Waals surface area contributed by atoms with Crippen molar-refractivity contribution in [1.82, 2.24) is 25.1 Å². The normalized spacial score (nSPS) is 21.9. The number of nitrogen functional groups attached to an aromatic ring is 1. The molecular formula is C23H20N7NaO6S2. The van der Waals surface area contributed by atoms with Crippen molar-refractivity contribution in [3.8, 4) is 0 Å². The van der Waals surface area contributed by atoms with Crippen LogP contribution in [0, 0.1) is 0 Å². The number of aromatic nitrogens is 2. The fourth-order valence-corrected chi connectivity index (χ4v) is 6.29. The maximum absolute atomic E-state index is 12.9. The molecule has 2 aromatic rings. The summed E-state index contributed by atoms with van der Waals surface area (Å²) in [6, 6.07) is 2.57. The van der Waals surface area contributed by atoms with Crippen LogP contribution in [0.4, 0.5) is 5.13 Å². The van der Waals surface area contributed by atoms with Gasteiger partial charge in [-0.2, -0.15) is 0 Å². The van der Waals surface area contributed by atoms with Gasteiger partial charge in [0, 0.05) is 42.2 Å². The van der Waals surface area contributed by atoms with Crippen LogP contribution >= 0.6 is 23.1 Å². The summed E-state index contributed by atoms with van der Waals surface area (Å²) in [6.07, 6.45) is 5.24. The van der Waals surface area contributed by atoms with Crippen LogP contribution in [0.25, 0.3) is 0 Å². The number of pyridine rings is 1. The minimum absolute atomic E-state index is 0. The number of β-lactam (4-membered cyclic amide) rings is 1. The van der Waals surface area contributed by atoms with E-state index in [4.69, 9.17) is 5.73 Å². The molecule has 4 N–H and O–H groups in total. The van der Waals surface area contributed by atoms with E-state index < -0.39 is 34.9 Å². The third-order valence-electron chi connectivity index (χ3n) is 6.24. The molecule has 0 bridgehead atoms. The topological polar surface area (TPSA) is 194 Å². The Labute approximate surface area is 252 Å². The molecule has 13 nitrogen and oxygen atoms in total. The van der Waals surface area contributed by atoms with Crippen LogP contribution in [0.15, 0.2) is 58.0 Å². The number of rotatable bonds is 7. The SMILES string of the molecule is Nc1nc(/C(=N/O)C(=O)N[C@@H]2C(=O)N3C(C(=O)[O-])=C(/C=C4\CCN(Cc5ccncc5)C4=O)CS[C@H]23)cs1.[Na+]. The number of carboxylic acids is 1. The number of amides is 3. The molecule has 0 aliphatic carbocycles. The molecule has 3 aliphatic heterocycles. The number of carbonyl (C=O) groups is 4. The quantitative estimate of drug-likeness (QED) is 0.0730. The van der Waals surface area contributed by atoms with Gasteiger partial charge < -0.3 is 31.1 Å². The van der Waals surface area contributed by atoms with E-state index in [1.54, 1.807) is 17.3 Å². The first-order chi connectivity index (χ1) is 18.3. The number of thiazole rings is 1. The zero-order valence-corrected chi connectivity index (χ0v) is 24.2. The van der Waals surface area contributed by atoms with E-state index in [2.05, 4.69) is 20.4 Å². The molecule has 2 fully saturated rings. The largest absolute Gasteiger partial charge is 1.00 e. The smallest absolute Gasteiger partial charge is 0.543 e. The maximum atomic E-state index is 12.9. The van der Waals surface area contributed by atoms with Crippen molar-refractivity contribution >= 4 is 57.6 Å². The van der Waals surface area contributed by atoms with Gasteiger partial charge in [-0.05, 0) is 35.8 Å². The average Bonchev–Trinajstić information content (AvgIpc) is 3.48. The molecule has 0 radical (unpaired) electrons. The van der Waals surface area contributed by atoms with Crippen molar-refractivity contribution in [3.63, 3.8) is 0 Å². The first-order valence-corrected chi connectivity index (χ1v) is 13.2. The zero-order chi connectivity index (χ0) is 27.0. The van der Waals surface area contributed by atoms with E-state index in [-0.39, 0.29) is 63.3 Å². The zero-order valence-electron chi connectivity index (χ0n) is 20.6. The van der Waals surface area contributed by atoms with Crippen LogP contribution in [-0.4, -0.2) is 78.1 Å². The van der Waals surface area contributed by atoms with Crippen LogP contribution in [-0.2, 0) is 25.7 Å². The number of thioether (sulfide) groups is 1. The number of nitrogens with two attached hydrogens (primary N) is 1. The Morgan fingerprint density at radius 3 is 2.69 bits per heavy atom. The summed E-state index contributed by atoms with van der Waals surface area (Å²) < 4.78 is 0. The first-order valence-electron chi connectivity index (χ1n) is 11.3. The van der Waals surface area contributed by atoms with Crippen LogP contribution in [0.2, 0.25) is 0 Å². The predicted molar refractivity (Wildman–Crippen MR) is 134 cm³/mol. The molecular weight excluding hydrogens is 557 g/mol. The molecule has 2 saturated heterocycles. The molecule has 5 rings (SSSR count). The third-order valence-corrected chi connectivity index (χ3v) is 8.22. The third kappa shape index (κ3) is 5.58. The van der Waals surface area contributed by atoms with Crippen molar-refractivity contribution in [1.29, 1.82) is 0 Å². The van der Waals surface area contributed by atoms with Gasteiger partial charge in [-0.3, -0.25) is 24.3 Å². The standard InChI is InChI=1S/C23H21N7O6S2.Na/c24-23-26-14(10-38-23)15(28-36)18(31)27-16-20(33)30-17(22(34)35)13(9-37-21(16)30)7-12-3-6-29(19(12)32)8-11-1-4-25-5-2-11;/h1-2,4-5,7,10,16,21,36H,3,6,8-9H2,(H2,24,26)(H,27,31)(H,34,35);/q;+1/p-1/b12-7+,28-15-;/t16-,21-;/m1./s1. The van der Waals surface area contributed by atoms with Gasteiger partial charge in [0.25, 0.3) is 11.8 Å². The molecule has 2 atom stereocenters. The fourth-order valence-electron chi connectivity index (χ4n) is 4.43. The van der Waals surface area contributed by atoms with E-state index in [0.29, 0.717) is 25.1 Å². The molecule has 5 heterocycles. The first kappa shape index (κ1) is 28.8. The molecule has 196 valence electrons. The number of carbonyl (C=O) groups excluding carboxylic acids is 4. The number of oxime groups is 1. The monoisotopic (exact) mass is 577 g/mol. The molecule has 0 saturated carbocycles. The van der Waals surface area contributed by atoms with Crippen LogP contribution < -0.4 is 45.7 Å². The summed E-state index contributed by atoms with van der Waals surface area (Å²) in [5, 5.41) is 27.7. The van der Waals surface area contributed by atoms with E-state index in [9.17, 15) is 29.5 Å². The summed E-state index contributed by atoms with van der Waals surface area (Å²) >= 11 is 2.27. The molecule has 3 aliphatic rings. The number of hydrogen-bond acceptors (Lipinski definition) is 12. The van der Waals surface area contributed by atoms with Crippen molar-refractivity contribution in [2.24, 2.45) is 5.16 Å². The number of carboxylic acid groups (broad SMARTS) is 1. The molecule has 16 heteroatoms. The number of allylic oxidation sites excluding steroid dienone is 1. The van der Waals surface area contributed by atoms with E-state index in [0.717, 1.165) is 21.8 Å². The van der Waals surface area contributed by atoms with Crippen LogP contribution in [0.1, 0.15) is 17.7 Å². The number of hydrogen-bond donors (Lipinski definition) is 3. The summed E-state index contributed by atoms with van der Waals surface area (Å²) in [5.74, 6) is -3.13. The minimum Gasteiger partial charge on any atom is -0.543 e. The molecule has 0 aromatic carbocycles. The molecule has 39 heavy (non-hydrogen) atoms. The van der Waals surface area contributed by atoms with Crippen LogP contribution in [0.5, 0.6) is 0 Å². The van der Waals surface area contributed by atoms with Gasteiger partial charge in [0.05, 0.1) is 11.7 Å². The molecule has 2 aromatic heterocycles. The Balaban J connectivity index is 0.00000353. The molecule has 3 amide bonds. The summed E-state index contributed by atoms with van der Waals surface area (Å²) in [6.45, 7) is 0.882. The Kier molecular flexibility index (Phi) is 8.76.